The normalized spacial score (nSPS) is 11.8. The summed E-state index contributed by atoms with van der Waals surface area (Å²) in [6.07, 6.45) is 2.23. The minimum Gasteiger partial charge on any atom is -0.459 e. The molecule has 0 radical (unpaired) electrons. The molecule has 3 aromatic rings. The maximum atomic E-state index is 13.3. The summed E-state index contributed by atoms with van der Waals surface area (Å²) in [5.41, 5.74) is 1.06. The van der Waals surface area contributed by atoms with Crippen molar-refractivity contribution in [2.24, 2.45) is 0 Å². The van der Waals surface area contributed by atoms with Crippen molar-refractivity contribution in [3.05, 3.63) is 82.4 Å². The van der Waals surface area contributed by atoms with Gasteiger partial charge in [-0.15, -0.1) is 11.3 Å². The largest absolute Gasteiger partial charge is 0.459 e. The molecule has 0 saturated carbocycles. The molecule has 1 atom stereocenters. The van der Waals surface area contributed by atoms with Gasteiger partial charge in [-0.05, 0) is 42.5 Å². The predicted molar refractivity (Wildman–Crippen MR) is 115 cm³/mol. The highest BCUT2D eigenvalue weighted by atomic mass is 32.1. The van der Waals surface area contributed by atoms with Gasteiger partial charge in [0.25, 0.3) is 5.91 Å². The van der Waals surface area contributed by atoms with E-state index in [1.54, 1.807) is 28.4 Å². The molecule has 5 nitrogen and oxygen atoms in total. The molecular formula is C23H26N2O3S. The van der Waals surface area contributed by atoms with Crippen molar-refractivity contribution in [3.8, 4) is 0 Å². The van der Waals surface area contributed by atoms with Crippen molar-refractivity contribution in [3.63, 3.8) is 0 Å². The van der Waals surface area contributed by atoms with E-state index in [2.05, 4.69) is 0 Å². The summed E-state index contributed by atoms with van der Waals surface area (Å²) in [5, 5.41) is 2.01. The van der Waals surface area contributed by atoms with Crippen molar-refractivity contribution in [1.82, 2.24) is 9.80 Å². The Bertz CT molecular complexity index is 892. The molecule has 3 rings (SSSR count). The van der Waals surface area contributed by atoms with Crippen LogP contribution in [0.25, 0.3) is 0 Å². The van der Waals surface area contributed by atoms with E-state index < -0.39 is 0 Å². The maximum absolute atomic E-state index is 13.3. The van der Waals surface area contributed by atoms with Crippen LogP contribution in [-0.2, 0) is 17.9 Å². The van der Waals surface area contributed by atoms with Crippen LogP contribution in [0.2, 0.25) is 0 Å². The van der Waals surface area contributed by atoms with Crippen LogP contribution >= 0.6 is 11.3 Å². The van der Waals surface area contributed by atoms with Crippen molar-refractivity contribution in [2.75, 3.05) is 6.54 Å². The third-order valence-corrected chi connectivity index (χ3v) is 5.78. The van der Waals surface area contributed by atoms with Crippen molar-refractivity contribution < 1.29 is 14.0 Å². The molecule has 0 aliphatic rings. The smallest absolute Gasteiger partial charge is 0.290 e. The first kappa shape index (κ1) is 20.9. The summed E-state index contributed by atoms with van der Waals surface area (Å²) in [6, 6.07) is 17.2. The molecule has 152 valence electrons. The fourth-order valence-corrected chi connectivity index (χ4v) is 3.78. The van der Waals surface area contributed by atoms with E-state index in [-0.39, 0.29) is 30.2 Å². The molecule has 2 heterocycles. The van der Waals surface area contributed by atoms with Gasteiger partial charge >= 0.3 is 0 Å². The number of nitrogens with zero attached hydrogens (tertiary/aromatic N) is 2. The lowest BCUT2D eigenvalue weighted by atomic mass is 10.2. The molecule has 0 N–H and O–H groups in total. The minimum absolute atomic E-state index is 0.0206. The average Bonchev–Trinajstić information content (AvgIpc) is 3.45. The van der Waals surface area contributed by atoms with E-state index in [1.807, 2.05) is 66.6 Å². The Balaban J connectivity index is 1.79. The quantitative estimate of drug-likeness (QED) is 0.509. The molecule has 0 aliphatic heterocycles. The Hall–Kier alpha value is -2.86. The number of hydrogen-bond donors (Lipinski definition) is 0. The summed E-state index contributed by atoms with van der Waals surface area (Å²) in [6.45, 7) is 5.00. The number of thiophene rings is 1. The van der Waals surface area contributed by atoms with Gasteiger partial charge in [0.2, 0.25) is 5.91 Å². The van der Waals surface area contributed by atoms with Gasteiger partial charge < -0.3 is 14.2 Å². The van der Waals surface area contributed by atoms with Crippen LogP contribution in [0.4, 0.5) is 0 Å². The van der Waals surface area contributed by atoms with Crippen LogP contribution in [-0.4, -0.2) is 34.2 Å². The number of amides is 2. The van der Waals surface area contributed by atoms with Crippen molar-refractivity contribution >= 4 is 23.2 Å². The van der Waals surface area contributed by atoms with Gasteiger partial charge in [-0.3, -0.25) is 9.59 Å². The molecule has 0 bridgehead atoms. The predicted octanol–water partition coefficient (Wildman–Crippen LogP) is 4.81. The van der Waals surface area contributed by atoms with Crippen LogP contribution in [0.15, 0.2) is 70.7 Å². The average molecular weight is 411 g/mol. The van der Waals surface area contributed by atoms with Gasteiger partial charge in [0.05, 0.1) is 12.8 Å². The number of rotatable bonds is 9. The Morgan fingerprint density at radius 2 is 1.83 bits per heavy atom. The minimum atomic E-state index is -0.256. The van der Waals surface area contributed by atoms with Crippen molar-refractivity contribution in [2.45, 2.75) is 39.4 Å². The molecule has 0 aliphatic carbocycles. The number of carbonyl (C=O) groups is 2. The highest BCUT2D eigenvalue weighted by Gasteiger charge is 2.27. The molecule has 2 aromatic heterocycles. The summed E-state index contributed by atoms with van der Waals surface area (Å²) in [7, 11) is 0. The molecule has 29 heavy (non-hydrogen) atoms. The molecular weight excluding hydrogens is 384 g/mol. The first-order valence-electron chi connectivity index (χ1n) is 9.77. The molecule has 0 saturated heterocycles. The standard InChI is InChI=1S/C23H26N2O3S/c1-3-18(2)25(23(27)21-12-7-13-28-21)17-22(26)24(16-20-11-8-14-29-20)15-19-9-5-4-6-10-19/h4-14,18H,3,15-17H2,1-2H3/t18-/m1/s1. The van der Waals surface area contributed by atoms with Crippen LogP contribution in [0.5, 0.6) is 0 Å². The molecule has 0 fully saturated rings. The summed E-state index contributed by atoms with van der Waals surface area (Å²) >= 11 is 1.62. The second-order valence-corrected chi connectivity index (χ2v) is 8.01. The molecule has 0 unspecified atom stereocenters. The van der Waals surface area contributed by atoms with Crippen LogP contribution in [0.3, 0.4) is 0 Å². The number of benzene rings is 1. The van der Waals surface area contributed by atoms with Gasteiger partial charge in [0, 0.05) is 17.5 Å². The molecule has 6 heteroatoms. The maximum Gasteiger partial charge on any atom is 0.290 e. The third-order valence-electron chi connectivity index (χ3n) is 4.92. The first-order chi connectivity index (χ1) is 14.1. The van der Waals surface area contributed by atoms with Gasteiger partial charge in [0.1, 0.15) is 6.54 Å². The first-order valence-corrected chi connectivity index (χ1v) is 10.6. The monoisotopic (exact) mass is 410 g/mol. The lowest BCUT2D eigenvalue weighted by molar-refractivity contribution is -0.133. The van der Waals surface area contributed by atoms with E-state index in [0.717, 1.165) is 16.9 Å². The van der Waals surface area contributed by atoms with E-state index in [4.69, 9.17) is 4.42 Å². The Labute approximate surface area is 175 Å². The van der Waals surface area contributed by atoms with Crippen LogP contribution < -0.4 is 0 Å². The second-order valence-electron chi connectivity index (χ2n) is 6.98. The zero-order chi connectivity index (χ0) is 20.6. The highest BCUT2D eigenvalue weighted by Crippen LogP contribution is 2.17. The lowest BCUT2D eigenvalue weighted by Crippen LogP contribution is -2.46. The van der Waals surface area contributed by atoms with Gasteiger partial charge in [-0.25, -0.2) is 0 Å². The highest BCUT2D eigenvalue weighted by molar-refractivity contribution is 7.09. The molecule has 0 spiro atoms. The van der Waals surface area contributed by atoms with Crippen LogP contribution in [0.1, 0.15) is 41.3 Å². The van der Waals surface area contributed by atoms with E-state index in [9.17, 15) is 9.59 Å². The summed E-state index contributed by atoms with van der Waals surface area (Å²) in [4.78, 5) is 30.7. The molecule has 2 amide bonds. The van der Waals surface area contributed by atoms with Crippen LogP contribution in [0, 0.1) is 0 Å². The number of furan rings is 1. The fourth-order valence-electron chi connectivity index (χ4n) is 3.06. The van der Waals surface area contributed by atoms with E-state index >= 15 is 0 Å². The second kappa shape index (κ2) is 10.1. The van der Waals surface area contributed by atoms with E-state index in [0.29, 0.717) is 13.1 Å². The Morgan fingerprint density at radius 1 is 1.03 bits per heavy atom. The Kier molecular flexibility index (Phi) is 7.25. The fraction of sp³-hybridized carbons (Fsp3) is 0.304. The summed E-state index contributed by atoms with van der Waals surface area (Å²) < 4.78 is 5.28. The third kappa shape index (κ3) is 5.57. The lowest BCUT2D eigenvalue weighted by Gasteiger charge is -2.30. The SMILES string of the molecule is CC[C@@H](C)N(CC(=O)N(Cc1ccccc1)Cc1cccs1)C(=O)c1ccco1. The zero-order valence-electron chi connectivity index (χ0n) is 16.8. The zero-order valence-corrected chi connectivity index (χ0v) is 17.6. The van der Waals surface area contributed by atoms with Gasteiger partial charge in [-0.2, -0.15) is 0 Å². The number of carbonyl (C=O) groups excluding carboxylic acids is 2. The summed E-state index contributed by atoms with van der Waals surface area (Å²) in [5.74, 6) is -0.0816. The topological polar surface area (TPSA) is 53.8 Å². The van der Waals surface area contributed by atoms with Crippen molar-refractivity contribution in [1.29, 1.82) is 0 Å². The Morgan fingerprint density at radius 3 is 2.45 bits per heavy atom. The number of hydrogen-bond acceptors (Lipinski definition) is 4. The van der Waals surface area contributed by atoms with Gasteiger partial charge in [-0.1, -0.05) is 43.3 Å². The van der Waals surface area contributed by atoms with Gasteiger partial charge in [0.15, 0.2) is 5.76 Å². The van der Waals surface area contributed by atoms with E-state index in [1.165, 1.54) is 6.26 Å². The molecule has 1 aromatic carbocycles.